The molecule has 0 fully saturated rings. The Labute approximate surface area is 123 Å². The number of phenolic OH excluding ortho intramolecular Hbond substituents is 1. The maximum atomic E-state index is 12.0. The molecule has 1 aromatic carbocycles. The predicted molar refractivity (Wildman–Crippen MR) is 77.6 cm³/mol. The van der Waals surface area contributed by atoms with Gasteiger partial charge in [-0.1, -0.05) is 19.9 Å². The first-order chi connectivity index (χ1) is 9.86. The highest BCUT2D eigenvalue weighted by Crippen LogP contribution is 2.29. The second-order valence-corrected chi connectivity index (χ2v) is 5.23. The lowest BCUT2D eigenvalue weighted by Gasteiger charge is -2.16. The second-order valence-electron chi connectivity index (χ2n) is 5.23. The number of nitrogens with one attached hydrogen (secondary N) is 1. The number of carboxylic acid groups (broad SMARTS) is 1. The van der Waals surface area contributed by atoms with Crippen LogP contribution in [0.25, 0.3) is 0 Å². The highest BCUT2D eigenvalue weighted by Gasteiger charge is 2.21. The third kappa shape index (κ3) is 4.66. The average Bonchev–Trinajstić information content (AvgIpc) is 2.42. The van der Waals surface area contributed by atoms with Crippen molar-refractivity contribution in [1.82, 2.24) is 5.32 Å². The Kier molecular flexibility index (Phi) is 6.02. The van der Waals surface area contributed by atoms with Crippen molar-refractivity contribution in [2.45, 2.75) is 20.3 Å². The minimum Gasteiger partial charge on any atom is -0.504 e. The molecule has 3 N–H and O–H groups in total. The number of carboxylic acids is 1. The number of rotatable bonds is 7. The minimum atomic E-state index is -0.945. The number of aliphatic carboxylic acids is 1. The number of phenols is 1. The second kappa shape index (κ2) is 7.52. The van der Waals surface area contributed by atoms with E-state index in [9.17, 15) is 14.7 Å². The number of carbonyl (C=O) groups is 2. The molecule has 0 aliphatic heterocycles. The van der Waals surface area contributed by atoms with Crippen LogP contribution in [-0.4, -0.2) is 35.7 Å². The molecular formula is C15H21NO5. The van der Waals surface area contributed by atoms with Crippen molar-refractivity contribution in [2.75, 3.05) is 13.7 Å². The van der Waals surface area contributed by atoms with Crippen LogP contribution in [0.2, 0.25) is 0 Å². The largest absolute Gasteiger partial charge is 0.504 e. The molecule has 0 bridgehead atoms. The van der Waals surface area contributed by atoms with Gasteiger partial charge >= 0.3 is 5.97 Å². The van der Waals surface area contributed by atoms with Gasteiger partial charge in [0.15, 0.2) is 11.5 Å². The van der Waals surface area contributed by atoms with E-state index in [0.29, 0.717) is 6.42 Å². The first-order valence-electron chi connectivity index (χ1n) is 6.73. The van der Waals surface area contributed by atoms with E-state index in [4.69, 9.17) is 9.84 Å². The van der Waals surface area contributed by atoms with Crippen LogP contribution in [0.5, 0.6) is 11.5 Å². The third-order valence-corrected chi connectivity index (χ3v) is 3.08. The van der Waals surface area contributed by atoms with Gasteiger partial charge in [0, 0.05) is 6.54 Å². The summed E-state index contributed by atoms with van der Waals surface area (Å²) in [7, 11) is 1.39. The lowest BCUT2D eigenvalue weighted by molar-refractivity contribution is -0.142. The van der Waals surface area contributed by atoms with Crippen LogP contribution in [0.3, 0.4) is 0 Å². The lowest BCUT2D eigenvalue weighted by Crippen LogP contribution is -2.33. The van der Waals surface area contributed by atoms with E-state index in [2.05, 4.69) is 5.32 Å². The smallest absolute Gasteiger partial charge is 0.308 e. The summed E-state index contributed by atoms with van der Waals surface area (Å²) in [5.41, 5.74) is 0.0584. The minimum absolute atomic E-state index is 0.0169. The highest BCUT2D eigenvalue weighted by molar-refractivity contribution is 5.97. The van der Waals surface area contributed by atoms with Crippen molar-refractivity contribution in [3.05, 3.63) is 23.8 Å². The normalized spacial score (nSPS) is 12.0. The van der Waals surface area contributed by atoms with Gasteiger partial charge in [0.2, 0.25) is 0 Å². The number of hydrogen-bond donors (Lipinski definition) is 3. The summed E-state index contributed by atoms with van der Waals surface area (Å²) in [6, 6.07) is 4.56. The Hall–Kier alpha value is -2.24. The van der Waals surface area contributed by atoms with Crippen molar-refractivity contribution in [3.63, 3.8) is 0 Å². The Morgan fingerprint density at radius 1 is 1.33 bits per heavy atom. The number of ether oxygens (including phenoxy) is 1. The summed E-state index contributed by atoms with van der Waals surface area (Å²) in [5, 5.41) is 21.5. The molecule has 0 radical (unpaired) electrons. The van der Waals surface area contributed by atoms with E-state index in [0.717, 1.165) is 0 Å². The Bertz CT molecular complexity index is 513. The first-order valence-corrected chi connectivity index (χ1v) is 6.73. The Morgan fingerprint density at radius 2 is 2.00 bits per heavy atom. The summed E-state index contributed by atoms with van der Waals surface area (Å²) in [6.45, 7) is 3.86. The van der Waals surface area contributed by atoms with Gasteiger partial charge in [0.05, 0.1) is 18.6 Å². The molecular weight excluding hydrogens is 274 g/mol. The topological polar surface area (TPSA) is 95.9 Å². The lowest BCUT2D eigenvalue weighted by atomic mass is 9.97. The summed E-state index contributed by atoms with van der Waals surface area (Å²) >= 11 is 0. The van der Waals surface area contributed by atoms with Crippen molar-refractivity contribution in [2.24, 2.45) is 11.8 Å². The molecule has 1 amide bonds. The van der Waals surface area contributed by atoms with Crippen LogP contribution in [0.4, 0.5) is 0 Å². The van der Waals surface area contributed by atoms with Crippen LogP contribution >= 0.6 is 0 Å². The molecule has 6 heteroatoms. The molecule has 1 rings (SSSR count). The molecule has 0 saturated carbocycles. The molecule has 116 valence electrons. The summed E-state index contributed by atoms with van der Waals surface area (Å²) in [4.78, 5) is 23.2. The van der Waals surface area contributed by atoms with Gasteiger partial charge in [-0.25, -0.2) is 0 Å². The zero-order valence-corrected chi connectivity index (χ0v) is 12.4. The van der Waals surface area contributed by atoms with Gasteiger partial charge in [0.1, 0.15) is 0 Å². The van der Waals surface area contributed by atoms with Gasteiger partial charge in [-0.2, -0.15) is 0 Å². The number of hydrogen-bond acceptors (Lipinski definition) is 4. The van der Waals surface area contributed by atoms with Crippen molar-refractivity contribution >= 4 is 11.9 Å². The summed E-state index contributed by atoms with van der Waals surface area (Å²) in [5.74, 6) is -1.97. The van der Waals surface area contributed by atoms with Crippen molar-refractivity contribution < 1.29 is 24.5 Å². The molecule has 6 nitrogen and oxygen atoms in total. The van der Waals surface area contributed by atoms with E-state index < -0.39 is 17.8 Å². The zero-order valence-electron chi connectivity index (χ0n) is 12.4. The number of para-hydroxylation sites is 1. The standard InChI is InChI=1S/C15H21NO5/c1-9(2)7-10(15(19)20)8-16-14(18)11-5-4-6-12(21-3)13(11)17/h4-6,9-10,17H,7-8H2,1-3H3,(H,16,18)(H,19,20). The summed E-state index contributed by atoms with van der Waals surface area (Å²) in [6.07, 6.45) is 0.472. The molecule has 1 aromatic rings. The highest BCUT2D eigenvalue weighted by atomic mass is 16.5. The van der Waals surface area contributed by atoms with Crippen molar-refractivity contribution in [3.8, 4) is 11.5 Å². The fourth-order valence-electron chi connectivity index (χ4n) is 2.02. The fraction of sp³-hybridized carbons (Fsp3) is 0.467. The third-order valence-electron chi connectivity index (χ3n) is 3.08. The molecule has 0 spiro atoms. The molecule has 0 aromatic heterocycles. The monoisotopic (exact) mass is 295 g/mol. The number of aromatic hydroxyl groups is 1. The maximum absolute atomic E-state index is 12.0. The Balaban J connectivity index is 2.75. The molecule has 0 heterocycles. The van der Waals surface area contributed by atoms with E-state index in [-0.39, 0.29) is 29.5 Å². The van der Waals surface area contributed by atoms with Crippen LogP contribution in [0.1, 0.15) is 30.6 Å². The first kappa shape index (κ1) is 16.8. The van der Waals surface area contributed by atoms with Crippen LogP contribution in [0, 0.1) is 11.8 Å². The molecule has 0 saturated heterocycles. The molecule has 1 atom stereocenters. The van der Waals surface area contributed by atoms with E-state index in [1.807, 2.05) is 13.8 Å². The number of methoxy groups -OCH3 is 1. The Morgan fingerprint density at radius 3 is 2.52 bits per heavy atom. The van der Waals surface area contributed by atoms with Crippen LogP contribution in [-0.2, 0) is 4.79 Å². The van der Waals surface area contributed by atoms with E-state index in [1.54, 1.807) is 6.07 Å². The summed E-state index contributed by atoms with van der Waals surface area (Å²) < 4.78 is 4.93. The van der Waals surface area contributed by atoms with Crippen LogP contribution in [0.15, 0.2) is 18.2 Å². The van der Waals surface area contributed by atoms with Crippen LogP contribution < -0.4 is 10.1 Å². The number of benzene rings is 1. The SMILES string of the molecule is COc1cccc(C(=O)NCC(CC(C)C)C(=O)O)c1O. The molecule has 0 aliphatic rings. The number of carbonyl (C=O) groups excluding carboxylic acids is 1. The molecule has 0 aliphatic carbocycles. The van der Waals surface area contributed by atoms with Gasteiger partial charge in [-0.15, -0.1) is 0 Å². The van der Waals surface area contributed by atoms with Gasteiger partial charge < -0.3 is 20.3 Å². The van der Waals surface area contributed by atoms with E-state index >= 15 is 0 Å². The van der Waals surface area contributed by atoms with E-state index in [1.165, 1.54) is 19.2 Å². The zero-order chi connectivity index (χ0) is 16.0. The van der Waals surface area contributed by atoms with Gasteiger partial charge in [-0.3, -0.25) is 9.59 Å². The van der Waals surface area contributed by atoms with Gasteiger partial charge in [-0.05, 0) is 24.5 Å². The fourth-order valence-corrected chi connectivity index (χ4v) is 2.02. The predicted octanol–water partition coefficient (Wildman–Crippen LogP) is 1.88. The van der Waals surface area contributed by atoms with Crippen molar-refractivity contribution in [1.29, 1.82) is 0 Å². The van der Waals surface area contributed by atoms with Gasteiger partial charge in [0.25, 0.3) is 5.91 Å². The maximum Gasteiger partial charge on any atom is 0.308 e. The molecule has 1 unspecified atom stereocenters. The average molecular weight is 295 g/mol. The molecule has 21 heavy (non-hydrogen) atoms. The quantitative estimate of drug-likeness (QED) is 0.713. The number of amides is 1.